The molecule has 2 N–H and O–H groups in total. The van der Waals surface area contributed by atoms with Crippen molar-refractivity contribution >= 4 is 34.2 Å². The molecule has 0 atom stereocenters. The number of nitrogens with two attached hydrogens (primary N) is 1. The number of nitrogens with zero attached hydrogens (tertiary/aromatic N) is 1. The molecule has 1 aromatic heterocycles. The molecular formula is C7H7IN2O2. The molecule has 64 valence electrons. The summed E-state index contributed by atoms with van der Waals surface area (Å²) < 4.78 is 5.20. The topological polar surface area (TPSA) is 65.2 Å². The van der Waals surface area contributed by atoms with Crippen molar-refractivity contribution in [3.05, 3.63) is 21.5 Å². The lowest BCUT2D eigenvalue weighted by atomic mass is 10.3. The van der Waals surface area contributed by atoms with Crippen molar-refractivity contribution in [2.24, 2.45) is 0 Å². The van der Waals surface area contributed by atoms with E-state index in [2.05, 4.69) is 9.72 Å². The lowest BCUT2D eigenvalue weighted by Crippen LogP contribution is -2.07. The Morgan fingerprint density at radius 1 is 1.75 bits per heavy atom. The van der Waals surface area contributed by atoms with Gasteiger partial charge in [-0.25, -0.2) is 9.78 Å². The molecule has 12 heavy (non-hydrogen) atoms. The van der Waals surface area contributed by atoms with E-state index in [0.29, 0.717) is 15.0 Å². The van der Waals surface area contributed by atoms with E-state index in [1.165, 1.54) is 13.3 Å². The third kappa shape index (κ3) is 1.84. The molecule has 0 aliphatic carbocycles. The van der Waals surface area contributed by atoms with Crippen LogP contribution in [0.2, 0.25) is 0 Å². The van der Waals surface area contributed by atoms with Gasteiger partial charge >= 0.3 is 5.97 Å². The summed E-state index contributed by atoms with van der Waals surface area (Å²) in [5.41, 5.74) is 6.28. The smallest absolute Gasteiger partial charge is 0.357 e. The standard InChI is InChI=1S/C7H7IN2O2/c1-12-7(11)6-5(8)2-4(9)3-10-6/h2-3H,9H2,1H3. The van der Waals surface area contributed by atoms with Crippen molar-refractivity contribution in [1.82, 2.24) is 4.98 Å². The monoisotopic (exact) mass is 278 g/mol. The van der Waals surface area contributed by atoms with Gasteiger partial charge in [0.05, 0.1) is 19.0 Å². The molecule has 0 unspecified atom stereocenters. The summed E-state index contributed by atoms with van der Waals surface area (Å²) in [6.07, 6.45) is 1.43. The van der Waals surface area contributed by atoms with Crippen molar-refractivity contribution in [2.75, 3.05) is 12.8 Å². The molecule has 0 spiro atoms. The molecule has 0 aromatic carbocycles. The van der Waals surface area contributed by atoms with Gasteiger partial charge in [-0.05, 0) is 28.7 Å². The van der Waals surface area contributed by atoms with Gasteiger partial charge in [-0.15, -0.1) is 0 Å². The maximum Gasteiger partial charge on any atom is 0.357 e. The number of rotatable bonds is 1. The van der Waals surface area contributed by atoms with Crippen molar-refractivity contribution in [3.8, 4) is 0 Å². The number of halogens is 1. The van der Waals surface area contributed by atoms with Gasteiger partial charge in [0.1, 0.15) is 0 Å². The number of ether oxygens (including phenoxy) is 1. The van der Waals surface area contributed by atoms with Gasteiger partial charge in [-0.1, -0.05) is 0 Å². The first-order valence-corrected chi connectivity index (χ1v) is 4.22. The van der Waals surface area contributed by atoms with Crippen molar-refractivity contribution in [2.45, 2.75) is 0 Å². The molecule has 0 fully saturated rings. The maximum absolute atomic E-state index is 11.0. The number of aromatic nitrogens is 1. The minimum Gasteiger partial charge on any atom is -0.464 e. The summed E-state index contributed by atoms with van der Waals surface area (Å²) in [6, 6.07) is 1.67. The molecule has 5 heteroatoms. The zero-order chi connectivity index (χ0) is 9.14. The molecule has 0 aliphatic heterocycles. The lowest BCUT2D eigenvalue weighted by Gasteiger charge is -2.01. The number of nitrogen functional groups attached to an aromatic ring is 1. The fourth-order valence-electron chi connectivity index (χ4n) is 0.700. The third-order valence-electron chi connectivity index (χ3n) is 1.24. The highest BCUT2D eigenvalue weighted by atomic mass is 127. The van der Waals surface area contributed by atoms with Gasteiger partial charge in [-0.3, -0.25) is 0 Å². The molecule has 0 aliphatic rings. The predicted molar refractivity (Wildman–Crippen MR) is 52.7 cm³/mol. The van der Waals surface area contributed by atoms with Crippen molar-refractivity contribution in [3.63, 3.8) is 0 Å². The second kappa shape index (κ2) is 3.70. The Kier molecular flexibility index (Phi) is 2.85. The molecule has 0 saturated carbocycles. The van der Waals surface area contributed by atoms with E-state index >= 15 is 0 Å². The van der Waals surface area contributed by atoms with Crippen LogP contribution >= 0.6 is 22.6 Å². The molecule has 1 heterocycles. The van der Waals surface area contributed by atoms with Crippen molar-refractivity contribution in [1.29, 1.82) is 0 Å². The molecule has 0 amide bonds. The van der Waals surface area contributed by atoms with Crippen LogP contribution in [0, 0.1) is 3.57 Å². The van der Waals surface area contributed by atoms with Gasteiger partial charge in [0, 0.05) is 3.57 Å². The van der Waals surface area contributed by atoms with E-state index in [4.69, 9.17) is 5.73 Å². The minimum absolute atomic E-state index is 0.298. The first kappa shape index (κ1) is 9.24. The average molecular weight is 278 g/mol. The Bertz CT molecular complexity index is 314. The highest BCUT2D eigenvalue weighted by Gasteiger charge is 2.11. The van der Waals surface area contributed by atoms with Gasteiger partial charge < -0.3 is 10.5 Å². The first-order valence-electron chi connectivity index (χ1n) is 3.14. The highest BCUT2D eigenvalue weighted by Crippen LogP contribution is 2.13. The number of carbonyl (C=O) groups is 1. The molecular weight excluding hydrogens is 271 g/mol. The molecule has 1 aromatic rings. The van der Waals surface area contributed by atoms with Crippen molar-refractivity contribution < 1.29 is 9.53 Å². The van der Waals surface area contributed by atoms with Crippen LogP contribution in [-0.4, -0.2) is 18.1 Å². The van der Waals surface area contributed by atoms with Gasteiger partial charge in [-0.2, -0.15) is 0 Å². The van der Waals surface area contributed by atoms with E-state index in [1.54, 1.807) is 6.07 Å². The minimum atomic E-state index is -0.445. The lowest BCUT2D eigenvalue weighted by molar-refractivity contribution is 0.0593. The molecule has 0 radical (unpaired) electrons. The normalized spacial score (nSPS) is 9.50. The first-order chi connectivity index (χ1) is 5.65. The van der Waals surface area contributed by atoms with E-state index in [9.17, 15) is 4.79 Å². The Morgan fingerprint density at radius 3 is 2.92 bits per heavy atom. The van der Waals surface area contributed by atoms with E-state index in [0.717, 1.165) is 0 Å². The van der Waals surface area contributed by atoms with Gasteiger partial charge in [0.2, 0.25) is 0 Å². The van der Waals surface area contributed by atoms with E-state index in [1.807, 2.05) is 22.6 Å². The summed E-state index contributed by atoms with van der Waals surface area (Å²) >= 11 is 1.98. The third-order valence-corrected chi connectivity index (χ3v) is 2.06. The summed E-state index contributed by atoms with van der Waals surface area (Å²) in [5.74, 6) is -0.445. The highest BCUT2D eigenvalue weighted by molar-refractivity contribution is 14.1. The van der Waals surface area contributed by atoms with Crippen LogP contribution in [0.1, 0.15) is 10.5 Å². The number of anilines is 1. The SMILES string of the molecule is COC(=O)c1ncc(N)cc1I. The van der Waals surface area contributed by atoms with Crippen LogP contribution in [-0.2, 0) is 4.74 Å². The Morgan fingerprint density at radius 2 is 2.42 bits per heavy atom. The number of hydrogen-bond acceptors (Lipinski definition) is 4. The maximum atomic E-state index is 11.0. The summed E-state index contributed by atoms with van der Waals surface area (Å²) in [6.45, 7) is 0. The second-order valence-electron chi connectivity index (χ2n) is 2.09. The predicted octanol–water partition coefficient (Wildman–Crippen LogP) is 1.05. The van der Waals surface area contributed by atoms with Crippen LogP contribution < -0.4 is 5.73 Å². The summed E-state index contributed by atoms with van der Waals surface area (Å²) in [7, 11) is 1.32. The van der Waals surface area contributed by atoms with Crippen LogP contribution in [0.5, 0.6) is 0 Å². The zero-order valence-corrected chi connectivity index (χ0v) is 8.53. The van der Waals surface area contributed by atoms with E-state index < -0.39 is 5.97 Å². The molecule has 0 saturated heterocycles. The van der Waals surface area contributed by atoms with Crippen LogP contribution in [0.25, 0.3) is 0 Å². The summed E-state index contributed by atoms with van der Waals surface area (Å²) in [5, 5.41) is 0. The average Bonchev–Trinajstić information content (AvgIpc) is 2.03. The Labute approximate surface area is 83.3 Å². The van der Waals surface area contributed by atoms with Crippen LogP contribution in [0.3, 0.4) is 0 Å². The van der Waals surface area contributed by atoms with Gasteiger partial charge in [0.25, 0.3) is 0 Å². The fraction of sp³-hybridized carbons (Fsp3) is 0.143. The fourth-order valence-corrected chi connectivity index (χ4v) is 1.42. The number of methoxy groups -OCH3 is 1. The van der Waals surface area contributed by atoms with Gasteiger partial charge in [0.15, 0.2) is 5.69 Å². The van der Waals surface area contributed by atoms with Crippen LogP contribution in [0.15, 0.2) is 12.3 Å². The molecule has 0 bridgehead atoms. The quantitative estimate of drug-likeness (QED) is 0.616. The van der Waals surface area contributed by atoms with E-state index in [-0.39, 0.29) is 0 Å². The molecule has 1 rings (SSSR count). The number of carbonyl (C=O) groups excluding carboxylic acids is 1. The number of pyridine rings is 1. The van der Waals surface area contributed by atoms with Crippen LogP contribution in [0.4, 0.5) is 5.69 Å². The Balaban J connectivity index is 3.09. The second-order valence-corrected chi connectivity index (χ2v) is 3.25. The summed E-state index contributed by atoms with van der Waals surface area (Å²) in [4.78, 5) is 14.9. The number of esters is 1. The zero-order valence-electron chi connectivity index (χ0n) is 6.37. The number of hydrogen-bond donors (Lipinski definition) is 1. The molecule has 4 nitrogen and oxygen atoms in total. The largest absolute Gasteiger partial charge is 0.464 e. The Hall–Kier alpha value is -0.850.